The van der Waals surface area contributed by atoms with E-state index < -0.39 is 5.97 Å². The van der Waals surface area contributed by atoms with Crippen LogP contribution in [0, 0.1) is 5.92 Å². The van der Waals surface area contributed by atoms with E-state index in [1.807, 2.05) is 11.9 Å². The Kier molecular flexibility index (Phi) is 5.45. The Bertz CT molecular complexity index is 372. The highest BCUT2D eigenvalue weighted by atomic mass is 16.4. The van der Waals surface area contributed by atoms with Crippen LogP contribution in [0.1, 0.15) is 38.5 Å². The number of piperidine rings is 1. The minimum atomic E-state index is -0.705. The van der Waals surface area contributed by atoms with Crippen molar-refractivity contribution in [3.8, 4) is 0 Å². The van der Waals surface area contributed by atoms with Crippen LogP contribution in [0.5, 0.6) is 0 Å². The van der Waals surface area contributed by atoms with Crippen LogP contribution in [0.2, 0.25) is 0 Å². The molecule has 0 atom stereocenters. The van der Waals surface area contributed by atoms with Crippen molar-refractivity contribution in [3.05, 3.63) is 0 Å². The summed E-state index contributed by atoms with van der Waals surface area (Å²) < 4.78 is 0. The number of carboxylic acid groups (broad SMARTS) is 1. The lowest BCUT2D eigenvalue weighted by molar-refractivity contribution is -0.142. The highest BCUT2D eigenvalue weighted by Gasteiger charge is 2.29. The fraction of sp³-hybridized carbons (Fsp3) is 0.867. The van der Waals surface area contributed by atoms with E-state index in [9.17, 15) is 9.59 Å². The van der Waals surface area contributed by atoms with Gasteiger partial charge in [0.15, 0.2) is 0 Å². The second-order valence-electron chi connectivity index (χ2n) is 6.48. The zero-order valence-corrected chi connectivity index (χ0v) is 13.0. The van der Waals surface area contributed by atoms with E-state index in [0.717, 1.165) is 38.8 Å². The number of nitrogens with one attached hydrogen (secondary N) is 1. The van der Waals surface area contributed by atoms with Crippen molar-refractivity contribution < 1.29 is 14.7 Å². The first-order valence-electron chi connectivity index (χ1n) is 7.92. The van der Waals surface area contributed by atoms with Gasteiger partial charge in [-0.25, -0.2) is 4.79 Å². The molecule has 6 nitrogen and oxygen atoms in total. The van der Waals surface area contributed by atoms with Gasteiger partial charge in [-0.05, 0) is 58.7 Å². The maximum Gasteiger partial charge on any atom is 0.317 e. The number of hydrogen-bond acceptors (Lipinski definition) is 3. The molecular formula is C15H27N3O3. The number of urea groups is 1. The van der Waals surface area contributed by atoms with Gasteiger partial charge in [0.2, 0.25) is 0 Å². The summed E-state index contributed by atoms with van der Waals surface area (Å²) in [5.74, 6) is -0.937. The topological polar surface area (TPSA) is 72.9 Å². The number of carboxylic acids is 1. The second kappa shape index (κ2) is 7.11. The summed E-state index contributed by atoms with van der Waals surface area (Å²) in [4.78, 5) is 27.3. The molecule has 0 spiro atoms. The molecule has 2 fully saturated rings. The molecule has 1 aliphatic carbocycles. The van der Waals surface area contributed by atoms with Crippen LogP contribution in [-0.4, -0.2) is 66.2 Å². The lowest BCUT2D eigenvalue weighted by Crippen LogP contribution is -2.51. The molecule has 0 unspecified atom stereocenters. The van der Waals surface area contributed by atoms with Gasteiger partial charge in [0, 0.05) is 19.1 Å². The Morgan fingerprint density at radius 2 is 1.67 bits per heavy atom. The van der Waals surface area contributed by atoms with Crippen molar-refractivity contribution in [1.29, 1.82) is 0 Å². The number of nitrogens with zero attached hydrogens (tertiary/aromatic N) is 2. The van der Waals surface area contributed by atoms with Gasteiger partial charge in [-0.1, -0.05) is 0 Å². The van der Waals surface area contributed by atoms with Gasteiger partial charge in [0.1, 0.15) is 0 Å². The summed E-state index contributed by atoms with van der Waals surface area (Å²) in [5, 5.41) is 12.1. The molecular weight excluding hydrogens is 270 g/mol. The Morgan fingerprint density at radius 1 is 1.10 bits per heavy atom. The molecule has 0 aromatic rings. The molecule has 0 radical (unpaired) electrons. The number of aliphatic carboxylic acids is 1. The van der Waals surface area contributed by atoms with E-state index in [0.29, 0.717) is 18.9 Å². The Morgan fingerprint density at radius 3 is 2.19 bits per heavy atom. The largest absolute Gasteiger partial charge is 0.481 e. The van der Waals surface area contributed by atoms with Crippen LogP contribution in [-0.2, 0) is 4.79 Å². The molecule has 0 aromatic heterocycles. The molecule has 1 aliphatic heterocycles. The molecule has 0 bridgehead atoms. The Balaban J connectivity index is 1.75. The smallest absolute Gasteiger partial charge is 0.317 e. The highest BCUT2D eigenvalue weighted by molar-refractivity contribution is 5.74. The zero-order valence-electron chi connectivity index (χ0n) is 13.0. The third-order valence-corrected chi connectivity index (χ3v) is 4.96. The fourth-order valence-corrected chi connectivity index (χ4v) is 3.31. The minimum absolute atomic E-state index is 0.0108. The SMILES string of the molecule is CN1CCC(N(C)C(=O)NC2CCC(C(=O)O)CC2)CC1. The summed E-state index contributed by atoms with van der Waals surface area (Å²) in [5.41, 5.74) is 0. The maximum absolute atomic E-state index is 12.3. The zero-order chi connectivity index (χ0) is 15.4. The number of carbonyl (C=O) groups excluding carboxylic acids is 1. The van der Waals surface area contributed by atoms with Gasteiger partial charge in [-0.3, -0.25) is 4.79 Å². The van der Waals surface area contributed by atoms with Gasteiger partial charge in [0.05, 0.1) is 5.92 Å². The number of hydrogen-bond donors (Lipinski definition) is 2. The number of likely N-dealkylation sites (tertiary alicyclic amines) is 1. The quantitative estimate of drug-likeness (QED) is 0.825. The fourth-order valence-electron chi connectivity index (χ4n) is 3.31. The molecule has 2 amide bonds. The van der Waals surface area contributed by atoms with E-state index >= 15 is 0 Å². The van der Waals surface area contributed by atoms with E-state index in [2.05, 4.69) is 17.3 Å². The van der Waals surface area contributed by atoms with Crippen LogP contribution in [0.15, 0.2) is 0 Å². The number of rotatable bonds is 3. The van der Waals surface area contributed by atoms with Gasteiger partial charge >= 0.3 is 12.0 Å². The van der Waals surface area contributed by atoms with E-state index in [1.54, 1.807) is 0 Å². The Hall–Kier alpha value is -1.30. The first-order valence-corrected chi connectivity index (χ1v) is 7.92. The van der Waals surface area contributed by atoms with Gasteiger partial charge in [0.25, 0.3) is 0 Å². The highest BCUT2D eigenvalue weighted by Crippen LogP contribution is 2.24. The summed E-state index contributed by atoms with van der Waals surface area (Å²) >= 11 is 0. The molecule has 1 saturated heterocycles. The number of amides is 2. The van der Waals surface area contributed by atoms with Crippen molar-refractivity contribution in [2.75, 3.05) is 27.2 Å². The van der Waals surface area contributed by atoms with Crippen molar-refractivity contribution in [1.82, 2.24) is 15.1 Å². The third-order valence-electron chi connectivity index (χ3n) is 4.96. The van der Waals surface area contributed by atoms with Crippen LogP contribution < -0.4 is 5.32 Å². The average Bonchev–Trinajstić information content (AvgIpc) is 2.47. The summed E-state index contributed by atoms with van der Waals surface area (Å²) in [6.07, 6.45) is 4.91. The third kappa shape index (κ3) is 4.33. The van der Waals surface area contributed by atoms with Crippen molar-refractivity contribution in [2.45, 2.75) is 50.6 Å². The van der Waals surface area contributed by atoms with Crippen molar-refractivity contribution >= 4 is 12.0 Å². The molecule has 0 aromatic carbocycles. The average molecular weight is 297 g/mol. The van der Waals surface area contributed by atoms with Crippen LogP contribution in [0.3, 0.4) is 0 Å². The second-order valence-corrected chi connectivity index (χ2v) is 6.48. The first-order chi connectivity index (χ1) is 9.97. The molecule has 2 aliphatic rings. The summed E-state index contributed by atoms with van der Waals surface area (Å²) in [6, 6.07) is 0.432. The van der Waals surface area contributed by atoms with Crippen LogP contribution >= 0.6 is 0 Å². The van der Waals surface area contributed by atoms with Gasteiger partial charge < -0.3 is 20.2 Å². The van der Waals surface area contributed by atoms with E-state index in [4.69, 9.17) is 5.11 Å². The molecule has 21 heavy (non-hydrogen) atoms. The lowest BCUT2D eigenvalue weighted by Gasteiger charge is -2.36. The monoisotopic (exact) mass is 297 g/mol. The molecule has 6 heteroatoms. The molecule has 2 rings (SSSR count). The van der Waals surface area contributed by atoms with Crippen LogP contribution in [0.4, 0.5) is 4.79 Å². The normalized spacial score (nSPS) is 28.1. The van der Waals surface area contributed by atoms with Crippen molar-refractivity contribution in [3.63, 3.8) is 0 Å². The van der Waals surface area contributed by atoms with Gasteiger partial charge in [-0.2, -0.15) is 0 Å². The Labute approximate surface area is 126 Å². The summed E-state index contributed by atoms with van der Waals surface area (Å²) in [7, 11) is 3.98. The molecule has 1 saturated carbocycles. The molecule has 1 heterocycles. The maximum atomic E-state index is 12.3. The van der Waals surface area contributed by atoms with E-state index in [-0.39, 0.29) is 18.0 Å². The van der Waals surface area contributed by atoms with Crippen LogP contribution in [0.25, 0.3) is 0 Å². The molecule has 2 N–H and O–H groups in total. The van der Waals surface area contributed by atoms with E-state index in [1.165, 1.54) is 0 Å². The number of carbonyl (C=O) groups is 2. The first kappa shape index (κ1) is 16.1. The predicted molar refractivity (Wildman–Crippen MR) is 80.2 cm³/mol. The lowest BCUT2D eigenvalue weighted by atomic mass is 9.86. The predicted octanol–water partition coefficient (Wildman–Crippen LogP) is 1.37. The molecule has 120 valence electrons. The minimum Gasteiger partial charge on any atom is -0.481 e. The summed E-state index contributed by atoms with van der Waals surface area (Å²) in [6.45, 7) is 2.07. The standard InChI is InChI=1S/C15H27N3O3/c1-17-9-7-13(8-10-17)18(2)15(21)16-12-5-3-11(4-6-12)14(19)20/h11-13H,3-10H2,1-2H3,(H,16,21)(H,19,20). The van der Waals surface area contributed by atoms with Crippen molar-refractivity contribution in [2.24, 2.45) is 5.92 Å². The van der Waals surface area contributed by atoms with Gasteiger partial charge in [-0.15, -0.1) is 0 Å².